The zero-order valence-corrected chi connectivity index (χ0v) is 10.8. The maximum absolute atomic E-state index is 10.9. The minimum Gasteiger partial charge on any atom is -0.479 e. The van der Waals surface area contributed by atoms with E-state index in [2.05, 4.69) is 4.98 Å². The van der Waals surface area contributed by atoms with Gasteiger partial charge in [-0.25, -0.2) is 4.98 Å². The third kappa shape index (κ3) is 2.96. The van der Waals surface area contributed by atoms with Crippen molar-refractivity contribution in [3.8, 4) is 5.75 Å². The number of nitro benzene ring substituents is 1. The zero-order valence-electron chi connectivity index (χ0n) is 9.21. The number of nitrogens with zero attached hydrogens (tertiary/aromatic N) is 2. The largest absolute Gasteiger partial charge is 0.479 e. The predicted octanol–water partition coefficient (Wildman–Crippen LogP) is 3.37. The van der Waals surface area contributed by atoms with E-state index >= 15 is 0 Å². The molecule has 0 N–H and O–H groups in total. The van der Waals surface area contributed by atoms with E-state index in [1.165, 1.54) is 17.4 Å². The molecule has 1 aromatic heterocycles. The summed E-state index contributed by atoms with van der Waals surface area (Å²) in [5.74, 6) is 0.456. The SMILES string of the molecule is O=[N+]([O-])c1cc(CCl)ccc1OCc1nccs1. The molecule has 0 atom stereocenters. The van der Waals surface area contributed by atoms with Crippen LogP contribution in [0.3, 0.4) is 0 Å². The lowest BCUT2D eigenvalue weighted by Crippen LogP contribution is -1.99. The third-order valence-corrected chi connectivity index (χ3v) is 3.27. The zero-order chi connectivity index (χ0) is 13.0. The van der Waals surface area contributed by atoms with Gasteiger partial charge in [-0.2, -0.15) is 0 Å². The van der Waals surface area contributed by atoms with Crippen molar-refractivity contribution in [3.05, 3.63) is 50.5 Å². The number of nitro groups is 1. The Morgan fingerprint density at radius 2 is 2.33 bits per heavy atom. The second kappa shape index (κ2) is 5.79. The average molecular weight is 285 g/mol. The van der Waals surface area contributed by atoms with Crippen LogP contribution in [0.25, 0.3) is 0 Å². The lowest BCUT2D eigenvalue weighted by Gasteiger charge is -2.05. The molecular formula is C11H9ClN2O3S. The van der Waals surface area contributed by atoms with Crippen molar-refractivity contribution in [1.29, 1.82) is 0 Å². The first-order valence-electron chi connectivity index (χ1n) is 5.05. The Bertz CT molecular complexity index is 545. The molecule has 0 unspecified atom stereocenters. The minimum atomic E-state index is -0.479. The van der Waals surface area contributed by atoms with E-state index < -0.39 is 4.92 Å². The number of hydrogen-bond acceptors (Lipinski definition) is 5. The number of alkyl halides is 1. The van der Waals surface area contributed by atoms with Crippen LogP contribution in [-0.2, 0) is 12.5 Å². The van der Waals surface area contributed by atoms with Crippen molar-refractivity contribution < 1.29 is 9.66 Å². The lowest BCUT2D eigenvalue weighted by atomic mass is 10.2. The topological polar surface area (TPSA) is 65.3 Å². The van der Waals surface area contributed by atoms with Gasteiger partial charge in [0.15, 0.2) is 5.75 Å². The molecule has 94 valence electrons. The van der Waals surface area contributed by atoms with E-state index in [1.54, 1.807) is 18.3 Å². The Kier molecular flexibility index (Phi) is 4.11. The molecule has 1 heterocycles. The van der Waals surface area contributed by atoms with E-state index in [1.807, 2.05) is 5.38 Å². The maximum Gasteiger partial charge on any atom is 0.311 e. The lowest BCUT2D eigenvalue weighted by molar-refractivity contribution is -0.386. The van der Waals surface area contributed by atoms with Gasteiger partial charge in [0.05, 0.1) is 4.92 Å². The van der Waals surface area contributed by atoms with Crippen molar-refractivity contribution in [2.24, 2.45) is 0 Å². The fourth-order valence-electron chi connectivity index (χ4n) is 1.37. The molecule has 18 heavy (non-hydrogen) atoms. The summed E-state index contributed by atoms with van der Waals surface area (Å²) >= 11 is 7.08. The summed E-state index contributed by atoms with van der Waals surface area (Å²) in [6.45, 7) is 0.221. The van der Waals surface area contributed by atoms with Gasteiger partial charge >= 0.3 is 5.69 Å². The molecule has 0 aliphatic rings. The molecule has 2 rings (SSSR count). The second-order valence-corrected chi connectivity index (χ2v) is 4.65. The number of thiazole rings is 1. The molecule has 0 spiro atoms. The standard InChI is InChI=1S/C11H9ClN2O3S/c12-6-8-1-2-10(9(5-8)14(15)16)17-7-11-13-3-4-18-11/h1-5H,6-7H2. The van der Waals surface area contributed by atoms with Crippen LogP contribution in [0.5, 0.6) is 5.75 Å². The highest BCUT2D eigenvalue weighted by molar-refractivity contribution is 7.09. The van der Waals surface area contributed by atoms with Crippen molar-refractivity contribution in [1.82, 2.24) is 4.98 Å². The first-order chi connectivity index (χ1) is 8.70. The summed E-state index contributed by atoms with van der Waals surface area (Å²) in [6.07, 6.45) is 1.66. The smallest absolute Gasteiger partial charge is 0.311 e. The minimum absolute atomic E-state index is 0.0790. The van der Waals surface area contributed by atoms with Crippen molar-refractivity contribution >= 4 is 28.6 Å². The second-order valence-electron chi connectivity index (χ2n) is 3.41. The first kappa shape index (κ1) is 12.8. The van der Waals surface area contributed by atoms with Crippen molar-refractivity contribution in [3.63, 3.8) is 0 Å². The van der Waals surface area contributed by atoms with E-state index in [4.69, 9.17) is 16.3 Å². The normalized spacial score (nSPS) is 10.3. The summed E-state index contributed by atoms with van der Waals surface area (Å²) in [5.41, 5.74) is 0.606. The average Bonchev–Trinajstić information content (AvgIpc) is 2.89. The number of halogens is 1. The summed E-state index contributed by atoms with van der Waals surface area (Å²) in [6, 6.07) is 4.69. The Morgan fingerprint density at radius 3 is 2.94 bits per heavy atom. The van der Waals surface area contributed by atoms with Gasteiger partial charge in [-0.3, -0.25) is 10.1 Å². The van der Waals surface area contributed by atoms with Gasteiger partial charge in [0.2, 0.25) is 0 Å². The Balaban J connectivity index is 2.18. The Hall–Kier alpha value is -1.66. The number of benzene rings is 1. The number of hydrogen-bond donors (Lipinski definition) is 0. The number of rotatable bonds is 5. The molecule has 0 aliphatic carbocycles. The number of ether oxygens (including phenoxy) is 1. The van der Waals surface area contributed by atoms with Crippen LogP contribution < -0.4 is 4.74 Å². The number of aromatic nitrogens is 1. The molecule has 2 aromatic rings. The van der Waals surface area contributed by atoms with Crippen LogP contribution in [0.4, 0.5) is 5.69 Å². The third-order valence-electron chi connectivity index (χ3n) is 2.21. The summed E-state index contributed by atoms with van der Waals surface area (Å²) in [4.78, 5) is 14.5. The van der Waals surface area contributed by atoms with Crippen LogP contribution in [-0.4, -0.2) is 9.91 Å². The first-order valence-corrected chi connectivity index (χ1v) is 6.46. The Labute approximate surface area is 112 Å². The highest BCUT2D eigenvalue weighted by atomic mass is 35.5. The van der Waals surface area contributed by atoms with E-state index in [0.717, 1.165) is 5.01 Å². The van der Waals surface area contributed by atoms with Gasteiger partial charge in [0.1, 0.15) is 11.6 Å². The molecule has 0 amide bonds. The molecular weight excluding hydrogens is 276 g/mol. The maximum atomic E-state index is 10.9. The highest BCUT2D eigenvalue weighted by Crippen LogP contribution is 2.29. The molecule has 0 saturated heterocycles. The summed E-state index contributed by atoms with van der Waals surface area (Å²) in [7, 11) is 0. The van der Waals surface area contributed by atoms with E-state index in [-0.39, 0.29) is 23.9 Å². The monoisotopic (exact) mass is 284 g/mol. The molecule has 0 aliphatic heterocycles. The highest BCUT2D eigenvalue weighted by Gasteiger charge is 2.16. The predicted molar refractivity (Wildman–Crippen MR) is 69.1 cm³/mol. The van der Waals surface area contributed by atoms with Gasteiger partial charge in [-0.15, -0.1) is 22.9 Å². The van der Waals surface area contributed by atoms with Crippen LogP contribution in [0.15, 0.2) is 29.8 Å². The van der Waals surface area contributed by atoms with Crippen molar-refractivity contribution in [2.45, 2.75) is 12.5 Å². The molecule has 0 fully saturated rings. The van der Waals surface area contributed by atoms with Crippen LogP contribution in [0.2, 0.25) is 0 Å². The summed E-state index contributed by atoms with van der Waals surface area (Å²) < 4.78 is 5.41. The molecule has 5 nitrogen and oxygen atoms in total. The molecule has 7 heteroatoms. The van der Waals surface area contributed by atoms with Gasteiger partial charge < -0.3 is 4.74 Å². The molecule has 0 bridgehead atoms. The van der Waals surface area contributed by atoms with E-state index in [9.17, 15) is 10.1 Å². The van der Waals surface area contributed by atoms with Crippen molar-refractivity contribution in [2.75, 3.05) is 0 Å². The van der Waals surface area contributed by atoms with Crippen LogP contribution >= 0.6 is 22.9 Å². The fourth-order valence-corrected chi connectivity index (χ4v) is 2.07. The molecule has 1 aromatic carbocycles. The van der Waals surface area contributed by atoms with Gasteiger partial charge in [-0.05, 0) is 11.6 Å². The quantitative estimate of drug-likeness (QED) is 0.480. The molecule has 0 saturated carbocycles. The van der Waals surface area contributed by atoms with Gasteiger partial charge in [-0.1, -0.05) is 6.07 Å². The van der Waals surface area contributed by atoms with E-state index in [0.29, 0.717) is 5.56 Å². The summed E-state index contributed by atoms with van der Waals surface area (Å²) in [5, 5.41) is 13.5. The molecule has 0 radical (unpaired) electrons. The van der Waals surface area contributed by atoms with Crippen LogP contribution in [0.1, 0.15) is 10.6 Å². The van der Waals surface area contributed by atoms with Gasteiger partial charge in [0, 0.05) is 23.5 Å². The fraction of sp³-hybridized carbons (Fsp3) is 0.182. The Morgan fingerprint density at radius 1 is 1.50 bits per heavy atom. The van der Waals surface area contributed by atoms with Crippen LogP contribution in [0, 0.1) is 10.1 Å². The van der Waals surface area contributed by atoms with Gasteiger partial charge in [0.25, 0.3) is 0 Å².